The summed E-state index contributed by atoms with van der Waals surface area (Å²) in [6.45, 7) is 2.87. The quantitative estimate of drug-likeness (QED) is 0.854. The molecular formula is C15H23NO4. The molecule has 0 radical (unpaired) electrons. The second-order valence-corrected chi connectivity index (χ2v) is 6.27. The highest BCUT2D eigenvalue weighted by Crippen LogP contribution is 2.45. The van der Waals surface area contributed by atoms with Crippen molar-refractivity contribution in [3.63, 3.8) is 0 Å². The van der Waals surface area contributed by atoms with Crippen LogP contribution in [0.15, 0.2) is 0 Å². The Morgan fingerprint density at radius 1 is 1.15 bits per heavy atom. The lowest BCUT2D eigenvalue weighted by Gasteiger charge is -2.38. The molecule has 1 amide bonds. The van der Waals surface area contributed by atoms with E-state index in [0.717, 1.165) is 45.1 Å². The lowest BCUT2D eigenvalue weighted by atomic mass is 9.78. The SMILES string of the molecule is CC[C@@H]1CCCCN1C(=O)[C@H]1[C@H](C(=O)O)[C@@H]2CC[C@H]1O2. The Kier molecular flexibility index (Phi) is 3.71. The van der Waals surface area contributed by atoms with Gasteiger partial charge >= 0.3 is 5.97 Å². The van der Waals surface area contributed by atoms with Gasteiger partial charge in [0.05, 0.1) is 24.0 Å². The van der Waals surface area contributed by atoms with E-state index in [9.17, 15) is 14.7 Å². The number of likely N-dealkylation sites (tertiary alicyclic amines) is 1. The first-order valence-electron chi connectivity index (χ1n) is 7.82. The summed E-state index contributed by atoms with van der Waals surface area (Å²) in [6.07, 6.45) is 5.37. The molecule has 0 unspecified atom stereocenters. The van der Waals surface area contributed by atoms with Gasteiger partial charge in [-0.15, -0.1) is 0 Å². The lowest BCUT2D eigenvalue weighted by molar-refractivity contribution is -0.152. The van der Waals surface area contributed by atoms with Crippen LogP contribution in [0.3, 0.4) is 0 Å². The third-order valence-corrected chi connectivity index (χ3v) is 5.23. The van der Waals surface area contributed by atoms with Gasteiger partial charge in [0.25, 0.3) is 0 Å². The van der Waals surface area contributed by atoms with Gasteiger partial charge in [0.1, 0.15) is 0 Å². The van der Waals surface area contributed by atoms with E-state index < -0.39 is 17.8 Å². The van der Waals surface area contributed by atoms with Gasteiger partial charge in [-0.1, -0.05) is 6.92 Å². The van der Waals surface area contributed by atoms with Gasteiger partial charge in [-0.25, -0.2) is 0 Å². The van der Waals surface area contributed by atoms with Crippen LogP contribution in [0, 0.1) is 11.8 Å². The average molecular weight is 281 g/mol. The Morgan fingerprint density at radius 3 is 2.50 bits per heavy atom. The summed E-state index contributed by atoms with van der Waals surface area (Å²) in [4.78, 5) is 26.3. The number of carbonyl (C=O) groups is 2. The van der Waals surface area contributed by atoms with Crippen molar-refractivity contribution in [1.82, 2.24) is 4.90 Å². The van der Waals surface area contributed by atoms with Crippen molar-refractivity contribution >= 4 is 11.9 Å². The van der Waals surface area contributed by atoms with E-state index in [1.807, 2.05) is 4.90 Å². The van der Waals surface area contributed by atoms with Gasteiger partial charge in [-0.05, 0) is 38.5 Å². The Balaban J connectivity index is 1.80. The van der Waals surface area contributed by atoms with Crippen LogP contribution in [0.25, 0.3) is 0 Å². The molecule has 0 aromatic carbocycles. The molecule has 1 N–H and O–H groups in total. The van der Waals surface area contributed by atoms with Gasteiger partial charge < -0.3 is 14.7 Å². The lowest BCUT2D eigenvalue weighted by Crippen LogP contribution is -2.51. The molecule has 3 aliphatic rings. The maximum Gasteiger partial charge on any atom is 0.310 e. The summed E-state index contributed by atoms with van der Waals surface area (Å²) in [6, 6.07) is 0.282. The number of rotatable bonds is 3. The van der Waals surface area contributed by atoms with Crippen LogP contribution in [0.1, 0.15) is 45.4 Å². The molecular weight excluding hydrogens is 258 g/mol. The van der Waals surface area contributed by atoms with E-state index in [0.29, 0.717) is 0 Å². The van der Waals surface area contributed by atoms with Crippen molar-refractivity contribution < 1.29 is 19.4 Å². The number of piperidine rings is 1. The van der Waals surface area contributed by atoms with Crippen molar-refractivity contribution in [2.45, 2.75) is 63.7 Å². The van der Waals surface area contributed by atoms with Crippen LogP contribution in [0.5, 0.6) is 0 Å². The number of ether oxygens (including phenoxy) is 1. The smallest absolute Gasteiger partial charge is 0.310 e. The fraction of sp³-hybridized carbons (Fsp3) is 0.867. The highest BCUT2D eigenvalue weighted by molar-refractivity contribution is 5.87. The molecule has 3 saturated heterocycles. The Bertz CT molecular complexity index is 411. The summed E-state index contributed by atoms with van der Waals surface area (Å²) in [5, 5.41) is 9.43. The molecule has 5 heteroatoms. The third-order valence-electron chi connectivity index (χ3n) is 5.23. The topological polar surface area (TPSA) is 66.8 Å². The molecule has 0 spiro atoms. The number of fused-ring (bicyclic) bond motifs is 2. The van der Waals surface area contributed by atoms with Crippen LogP contribution >= 0.6 is 0 Å². The normalized spacial score (nSPS) is 40.0. The van der Waals surface area contributed by atoms with E-state index in [2.05, 4.69) is 6.92 Å². The number of hydrogen-bond donors (Lipinski definition) is 1. The summed E-state index contributed by atoms with van der Waals surface area (Å²) in [5.41, 5.74) is 0. The monoisotopic (exact) mass is 281 g/mol. The largest absolute Gasteiger partial charge is 0.481 e. The fourth-order valence-corrected chi connectivity index (χ4v) is 4.21. The van der Waals surface area contributed by atoms with Crippen LogP contribution in [-0.2, 0) is 14.3 Å². The van der Waals surface area contributed by atoms with Gasteiger partial charge in [0.15, 0.2) is 0 Å². The third kappa shape index (κ3) is 2.12. The maximum atomic E-state index is 12.9. The van der Waals surface area contributed by atoms with Gasteiger partial charge in [-0.3, -0.25) is 9.59 Å². The molecule has 5 atom stereocenters. The minimum absolute atomic E-state index is 0.0242. The number of carboxylic acids is 1. The van der Waals surface area contributed by atoms with Crippen molar-refractivity contribution in [2.24, 2.45) is 11.8 Å². The number of hydrogen-bond acceptors (Lipinski definition) is 3. The molecule has 0 saturated carbocycles. The number of amides is 1. The van der Waals surface area contributed by atoms with Gasteiger partial charge in [-0.2, -0.15) is 0 Å². The van der Waals surface area contributed by atoms with Crippen LogP contribution in [-0.4, -0.2) is 46.7 Å². The molecule has 2 bridgehead atoms. The average Bonchev–Trinajstić information content (AvgIpc) is 3.06. The molecule has 3 rings (SSSR count). The summed E-state index contributed by atoms with van der Waals surface area (Å²) in [5.74, 6) is -1.95. The first-order valence-corrected chi connectivity index (χ1v) is 7.82. The molecule has 3 aliphatic heterocycles. The van der Waals surface area contributed by atoms with Gasteiger partial charge in [0, 0.05) is 12.6 Å². The predicted molar refractivity (Wildman–Crippen MR) is 72.2 cm³/mol. The Labute approximate surface area is 119 Å². The van der Waals surface area contributed by atoms with Crippen molar-refractivity contribution in [2.75, 3.05) is 6.54 Å². The van der Waals surface area contributed by atoms with Crippen molar-refractivity contribution in [3.8, 4) is 0 Å². The summed E-state index contributed by atoms with van der Waals surface area (Å²) in [7, 11) is 0. The van der Waals surface area contributed by atoms with Crippen molar-refractivity contribution in [1.29, 1.82) is 0 Å². The fourth-order valence-electron chi connectivity index (χ4n) is 4.21. The second-order valence-electron chi connectivity index (χ2n) is 6.27. The van der Waals surface area contributed by atoms with E-state index in [1.165, 1.54) is 0 Å². The van der Waals surface area contributed by atoms with E-state index in [4.69, 9.17) is 4.74 Å². The van der Waals surface area contributed by atoms with Gasteiger partial charge in [0.2, 0.25) is 5.91 Å². The number of carboxylic acid groups (broad SMARTS) is 1. The summed E-state index contributed by atoms with van der Waals surface area (Å²) >= 11 is 0. The maximum absolute atomic E-state index is 12.9. The van der Waals surface area contributed by atoms with E-state index in [1.54, 1.807) is 0 Å². The molecule has 112 valence electrons. The molecule has 20 heavy (non-hydrogen) atoms. The zero-order chi connectivity index (χ0) is 14.3. The molecule has 3 fully saturated rings. The standard InChI is InChI=1S/C15H23NO4/c1-2-9-5-3-4-8-16(9)14(17)12-10-6-7-11(20-10)13(12)15(18)19/h9-13H,2-8H2,1H3,(H,18,19)/t9-,10-,11+,12-,13-/m1/s1. The predicted octanol–water partition coefficient (Wildman–Crippen LogP) is 1.66. The first-order chi connectivity index (χ1) is 9.63. The minimum atomic E-state index is -0.874. The Hall–Kier alpha value is -1.10. The van der Waals surface area contributed by atoms with Crippen LogP contribution < -0.4 is 0 Å². The Morgan fingerprint density at radius 2 is 1.85 bits per heavy atom. The summed E-state index contributed by atoms with van der Waals surface area (Å²) < 4.78 is 5.71. The number of carbonyl (C=O) groups excluding carboxylic acids is 1. The molecule has 0 aliphatic carbocycles. The zero-order valence-electron chi connectivity index (χ0n) is 12.0. The van der Waals surface area contributed by atoms with E-state index in [-0.39, 0.29) is 24.2 Å². The highest BCUT2D eigenvalue weighted by Gasteiger charge is 2.56. The molecule has 3 heterocycles. The molecule has 0 aromatic heterocycles. The highest BCUT2D eigenvalue weighted by atomic mass is 16.5. The number of nitrogens with zero attached hydrogens (tertiary/aromatic N) is 1. The van der Waals surface area contributed by atoms with Crippen LogP contribution in [0.2, 0.25) is 0 Å². The minimum Gasteiger partial charge on any atom is -0.481 e. The van der Waals surface area contributed by atoms with Crippen LogP contribution in [0.4, 0.5) is 0 Å². The molecule has 5 nitrogen and oxygen atoms in total. The number of aliphatic carboxylic acids is 1. The van der Waals surface area contributed by atoms with E-state index >= 15 is 0 Å². The zero-order valence-corrected chi connectivity index (χ0v) is 12.0. The van der Waals surface area contributed by atoms with Crippen molar-refractivity contribution in [3.05, 3.63) is 0 Å². The second kappa shape index (κ2) is 5.35. The first kappa shape index (κ1) is 13.9. The molecule has 0 aromatic rings.